The third-order valence-corrected chi connectivity index (χ3v) is 8.21. The number of carbonyl (C=O) groups is 3. The zero-order chi connectivity index (χ0) is 35.4. The molecule has 260 valence electrons. The van der Waals surface area contributed by atoms with E-state index in [1.54, 1.807) is 84.0 Å². The molecule has 48 heavy (non-hydrogen) atoms. The summed E-state index contributed by atoms with van der Waals surface area (Å²) >= 11 is 0.628. The summed E-state index contributed by atoms with van der Waals surface area (Å²) in [5.74, 6) is -0.221. The molecular formula is C35H41F3N2O7S. The van der Waals surface area contributed by atoms with Crippen LogP contribution >= 0.6 is 11.3 Å². The number of fused-ring (bicyclic) bond motifs is 1. The molecule has 1 aliphatic rings. The van der Waals surface area contributed by atoms with Gasteiger partial charge in [-0.3, -0.25) is 14.5 Å². The van der Waals surface area contributed by atoms with Crippen LogP contribution in [0.15, 0.2) is 48.5 Å². The number of hydrogen-bond acceptors (Lipinski definition) is 8. The lowest BCUT2D eigenvalue weighted by atomic mass is 10.1. The van der Waals surface area contributed by atoms with E-state index in [1.807, 2.05) is 0 Å². The lowest BCUT2D eigenvalue weighted by Gasteiger charge is -2.29. The third kappa shape index (κ3) is 9.42. The summed E-state index contributed by atoms with van der Waals surface area (Å²) in [6, 6.07) is 13.2. The summed E-state index contributed by atoms with van der Waals surface area (Å²) in [5.41, 5.74) is 0.270. The second-order valence-electron chi connectivity index (χ2n) is 13.2. The fourth-order valence-electron chi connectivity index (χ4n) is 5.16. The van der Waals surface area contributed by atoms with Gasteiger partial charge in [0.25, 0.3) is 0 Å². The molecule has 1 aliphatic heterocycles. The van der Waals surface area contributed by atoms with E-state index in [0.29, 0.717) is 57.5 Å². The number of ether oxygens (including phenoxy) is 4. The minimum atomic E-state index is -4.52. The predicted octanol–water partition coefficient (Wildman–Crippen LogP) is 7.88. The topological polar surface area (TPSA) is 94.6 Å². The van der Waals surface area contributed by atoms with Crippen molar-refractivity contribution < 1.29 is 46.5 Å². The quantitative estimate of drug-likeness (QED) is 0.200. The van der Waals surface area contributed by atoms with Crippen molar-refractivity contribution in [2.75, 3.05) is 31.6 Å². The summed E-state index contributed by atoms with van der Waals surface area (Å²) in [6.07, 6.45) is -4.97. The molecule has 4 rings (SSSR count). The molecule has 0 saturated heterocycles. The van der Waals surface area contributed by atoms with E-state index in [0.717, 1.165) is 0 Å². The van der Waals surface area contributed by atoms with E-state index in [-0.39, 0.29) is 31.7 Å². The number of nitrogens with zero attached hydrogens (tertiary/aromatic N) is 2. The van der Waals surface area contributed by atoms with Gasteiger partial charge in [-0.25, -0.2) is 4.79 Å². The van der Waals surface area contributed by atoms with Crippen molar-refractivity contribution in [3.8, 4) is 22.6 Å². The van der Waals surface area contributed by atoms with Crippen LogP contribution in [0.4, 0.5) is 23.7 Å². The molecule has 0 N–H and O–H groups in total. The van der Waals surface area contributed by atoms with Gasteiger partial charge in [-0.1, -0.05) is 30.3 Å². The summed E-state index contributed by atoms with van der Waals surface area (Å²) in [6.45, 7) is 10.1. The van der Waals surface area contributed by atoms with Crippen LogP contribution in [0, 0.1) is 0 Å². The Balaban J connectivity index is 1.51. The Bertz CT molecular complexity index is 1630. The fourth-order valence-corrected chi connectivity index (χ4v) is 6.12. The van der Waals surface area contributed by atoms with E-state index in [2.05, 4.69) is 0 Å². The smallest absolute Gasteiger partial charge is 0.426 e. The summed E-state index contributed by atoms with van der Waals surface area (Å²) < 4.78 is 64.2. The van der Waals surface area contributed by atoms with E-state index in [9.17, 15) is 27.6 Å². The molecule has 0 unspecified atom stereocenters. The van der Waals surface area contributed by atoms with Gasteiger partial charge in [0.1, 0.15) is 29.2 Å². The largest absolute Gasteiger partial charge is 0.492 e. The van der Waals surface area contributed by atoms with Gasteiger partial charge in [-0.2, -0.15) is 13.2 Å². The fraction of sp³-hybridized carbons (Fsp3) is 0.457. The van der Waals surface area contributed by atoms with E-state index >= 15 is 0 Å². The molecule has 3 aromatic rings. The number of rotatable bonds is 10. The molecule has 0 atom stereocenters. The molecule has 0 aliphatic carbocycles. The number of anilines is 1. The maximum atomic E-state index is 13.9. The highest BCUT2D eigenvalue weighted by atomic mass is 32.1. The number of hydrogen-bond donors (Lipinski definition) is 0. The first kappa shape index (κ1) is 36.6. The van der Waals surface area contributed by atoms with Crippen molar-refractivity contribution in [3.63, 3.8) is 0 Å². The highest BCUT2D eigenvalue weighted by Crippen LogP contribution is 2.45. The zero-order valence-electron chi connectivity index (χ0n) is 28.2. The SMILES string of the molecule is COc1c(OCc2cc(-c3ccccc3)c(C(F)(F)F)s2)ccc2c1CCN2C(=O)CN(CCC(=O)OC(C)(C)C)C(=O)OC(C)(C)C. The van der Waals surface area contributed by atoms with Crippen molar-refractivity contribution in [1.82, 2.24) is 4.90 Å². The number of methoxy groups -OCH3 is 1. The monoisotopic (exact) mass is 690 g/mol. The first-order valence-corrected chi connectivity index (χ1v) is 16.3. The van der Waals surface area contributed by atoms with Crippen LogP contribution in [0.2, 0.25) is 0 Å². The lowest BCUT2D eigenvalue weighted by molar-refractivity contribution is -0.155. The first-order valence-electron chi connectivity index (χ1n) is 15.4. The van der Waals surface area contributed by atoms with Gasteiger partial charge in [-0.15, -0.1) is 11.3 Å². The Morgan fingerprint density at radius 2 is 1.60 bits per heavy atom. The first-order chi connectivity index (χ1) is 22.4. The second-order valence-corrected chi connectivity index (χ2v) is 14.4. The van der Waals surface area contributed by atoms with Crippen LogP contribution in [-0.4, -0.2) is 60.8 Å². The van der Waals surface area contributed by atoms with E-state index in [4.69, 9.17) is 18.9 Å². The van der Waals surface area contributed by atoms with Crippen molar-refractivity contribution in [2.45, 2.75) is 78.4 Å². The number of benzene rings is 2. The van der Waals surface area contributed by atoms with Gasteiger partial charge < -0.3 is 23.8 Å². The van der Waals surface area contributed by atoms with Gasteiger partial charge in [0.2, 0.25) is 5.91 Å². The highest BCUT2D eigenvalue weighted by Gasteiger charge is 2.37. The van der Waals surface area contributed by atoms with Crippen LogP contribution in [0.25, 0.3) is 11.1 Å². The highest BCUT2D eigenvalue weighted by molar-refractivity contribution is 7.12. The molecular weight excluding hydrogens is 649 g/mol. The Morgan fingerprint density at radius 1 is 0.938 bits per heavy atom. The van der Waals surface area contributed by atoms with Crippen molar-refractivity contribution in [2.24, 2.45) is 0 Å². The maximum absolute atomic E-state index is 13.9. The van der Waals surface area contributed by atoms with E-state index in [1.165, 1.54) is 23.0 Å². The molecule has 0 radical (unpaired) electrons. The Morgan fingerprint density at radius 3 is 2.21 bits per heavy atom. The predicted molar refractivity (Wildman–Crippen MR) is 176 cm³/mol. The normalized spacial score (nSPS) is 13.2. The van der Waals surface area contributed by atoms with Gasteiger partial charge in [0.05, 0.1) is 19.2 Å². The summed E-state index contributed by atoms with van der Waals surface area (Å²) in [7, 11) is 1.45. The second kappa shape index (κ2) is 14.5. The molecule has 0 spiro atoms. The molecule has 13 heteroatoms. The molecule has 2 heterocycles. The molecule has 0 saturated carbocycles. The lowest BCUT2D eigenvalue weighted by Crippen LogP contribution is -2.45. The molecule has 2 aromatic carbocycles. The van der Waals surface area contributed by atoms with Crippen molar-refractivity contribution in [3.05, 3.63) is 63.8 Å². The van der Waals surface area contributed by atoms with Crippen LogP contribution < -0.4 is 14.4 Å². The number of halogens is 3. The van der Waals surface area contributed by atoms with Crippen LogP contribution in [-0.2, 0) is 38.3 Å². The van der Waals surface area contributed by atoms with Crippen LogP contribution in [0.5, 0.6) is 11.5 Å². The van der Waals surface area contributed by atoms with Gasteiger partial charge in [0.15, 0.2) is 11.5 Å². The zero-order valence-corrected chi connectivity index (χ0v) is 29.0. The minimum Gasteiger partial charge on any atom is -0.492 e. The number of alkyl halides is 3. The van der Waals surface area contributed by atoms with Crippen LogP contribution in [0.3, 0.4) is 0 Å². The maximum Gasteiger partial charge on any atom is 0.426 e. The molecule has 0 fully saturated rings. The standard InChI is InChI=1S/C35H41F3N2O7S/c1-33(2,3)46-29(42)16-17-39(32(43)47-34(4,5)6)20-28(41)40-18-15-24-26(40)13-14-27(30(24)44-7)45-21-23-19-25(22-11-9-8-10-12-22)31(48-23)35(36,37)38/h8-14,19H,15-18,20-21H2,1-7H3. The van der Waals surface area contributed by atoms with Gasteiger partial charge >= 0.3 is 18.2 Å². The number of thiophene rings is 1. The summed E-state index contributed by atoms with van der Waals surface area (Å²) in [5, 5.41) is 0. The third-order valence-electron chi connectivity index (χ3n) is 7.06. The minimum absolute atomic E-state index is 0.0862. The van der Waals surface area contributed by atoms with Crippen LogP contribution in [0.1, 0.15) is 63.3 Å². The van der Waals surface area contributed by atoms with Crippen molar-refractivity contribution in [1.29, 1.82) is 0 Å². The van der Waals surface area contributed by atoms with E-state index < -0.39 is 40.2 Å². The molecule has 0 bridgehead atoms. The Labute approximate surface area is 282 Å². The average molecular weight is 691 g/mol. The number of esters is 1. The average Bonchev–Trinajstić information content (AvgIpc) is 3.61. The number of carbonyl (C=O) groups excluding carboxylic acids is 3. The number of amides is 2. The molecule has 9 nitrogen and oxygen atoms in total. The van der Waals surface area contributed by atoms with Crippen molar-refractivity contribution >= 4 is 35.0 Å². The summed E-state index contributed by atoms with van der Waals surface area (Å²) in [4.78, 5) is 41.4. The van der Waals surface area contributed by atoms with Gasteiger partial charge in [0, 0.05) is 29.1 Å². The molecule has 1 aromatic heterocycles. The Hall–Kier alpha value is -4.26. The Kier molecular flexibility index (Phi) is 11.0. The van der Waals surface area contributed by atoms with Gasteiger partial charge in [-0.05, 0) is 71.7 Å². The molecule has 2 amide bonds.